The molecule has 1 aromatic heterocycles. The molecule has 33 heavy (non-hydrogen) atoms. The van der Waals surface area contributed by atoms with Crippen LogP contribution in [0.4, 0.5) is 5.69 Å². The lowest BCUT2D eigenvalue weighted by Gasteiger charge is -2.40. The summed E-state index contributed by atoms with van der Waals surface area (Å²) in [5.41, 5.74) is 2.85. The SMILES string of the molecule is Cc1ccc(N2CCCC(C(=O)N(Cc3nc(-c4ccc(Cl)cc4)no3)C(C)(C)C)C2)cc1. The van der Waals surface area contributed by atoms with Crippen molar-refractivity contribution in [3.8, 4) is 11.4 Å². The van der Waals surface area contributed by atoms with E-state index in [1.807, 2.05) is 37.8 Å². The number of benzene rings is 2. The second kappa shape index (κ2) is 9.56. The minimum atomic E-state index is -0.377. The highest BCUT2D eigenvalue weighted by molar-refractivity contribution is 6.30. The summed E-state index contributed by atoms with van der Waals surface area (Å²) >= 11 is 5.98. The van der Waals surface area contributed by atoms with Crippen LogP contribution in [0.25, 0.3) is 11.4 Å². The van der Waals surface area contributed by atoms with Gasteiger partial charge in [-0.15, -0.1) is 0 Å². The fourth-order valence-electron chi connectivity index (χ4n) is 4.21. The minimum Gasteiger partial charge on any atom is -0.371 e. The van der Waals surface area contributed by atoms with Crippen LogP contribution in [0.2, 0.25) is 5.02 Å². The minimum absolute atomic E-state index is 0.0714. The van der Waals surface area contributed by atoms with Gasteiger partial charge in [0.25, 0.3) is 0 Å². The summed E-state index contributed by atoms with van der Waals surface area (Å²) in [5.74, 6) is 0.976. The third-order valence-corrected chi connectivity index (χ3v) is 6.36. The number of piperidine rings is 1. The number of amides is 1. The average molecular weight is 467 g/mol. The van der Waals surface area contributed by atoms with Gasteiger partial charge in [0.05, 0.1) is 5.92 Å². The van der Waals surface area contributed by atoms with Gasteiger partial charge in [0.15, 0.2) is 0 Å². The normalized spacial score (nSPS) is 16.6. The summed E-state index contributed by atoms with van der Waals surface area (Å²) < 4.78 is 5.52. The van der Waals surface area contributed by atoms with Crippen molar-refractivity contribution in [2.45, 2.75) is 52.6 Å². The maximum atomic E-state index is 13.7. The molecule has 2 heterocycles. The number of nitrogens with zero attached hydrogens (tertiary/aromatic N) is 4. The second-order valence-corrected chi connectivity index (χ2v) is 10.2. The molecule has 1 fully saturated rings. The zero-order chi connectivity index (χ0) is 23.6. The van der Waals surface area contributed by atoms with Gasteiger partial charge in [0.2, 0.25) is 17.6 Å². The molecule has 1 atom stereocenters. The Morgan fingerprint density at radius 1 is 1.15 bits per heavy atom. The lowest BCUT2D eigenvalue weighted by Crippen LogP contribution is -2.51. The van der Waals surface area contributed by atoms with E-state index in [-0.39, 0.29) is 23.9 Å². The van der Waals surface area contributed by atoms with Gasteiger partial charge in [0, 0.05) is 34.9 Å². The first kappa shape index (κ1) is 23.3. The zero-order valence-electron chi connectivity index (χ0n) is 19.7. The van der Waals surface area contributed by atoms with Crippen molar-refractivity contribution in [1.29, 1.82) is 0 Å². The fraction of sp³-hybridized carbons (Fsp3) is 0.423. The molecular weight excluding hydrogens is 436 g/mol. The van der Waals surface area contributed by atoms with Crippen LogP contribution in [-0.2, 0) is 11.3 Å². The smallest absolute Gasteiger partial charge is 0.246 e. The van der Waals surface area contributed by atoms with Gasteiger partial charge in [-0.3, -0.25) is 4.79 Å². The highest BCUT2D eigenvalue weighted by Crippen LogP contribution is 2.28. The first-order valence-corrected chi connectivity index (χ1v) is 11.8. The molecule has 0 bridgehead atoms. The van der Waals surface area contributed by atoms with Crippen LogP contribution < -0.4 is 4.90 Å². The molecule has 0 saturated carbocycles. The summed E-state index contributed by atoms with van der Waals surface area (Å²) in [4.78, 5) is 22.4. The van der Waals surface area contributed by atoms with Crippen molar-refractivity contribution in [2.75, 3.05) is 18.0 Å². The van der Waals surface area contributed by atoms with Crippen molar-refractivity contribution in [3.05, 3.63) is 65.0 Å². The number of rotatable bonds is 5. The molecule has 0 N–H and O–H groups in total. The molecule has 0 radical (unpaired) electrons. The Balaban J connectivity index is 1.50. The molecule has 1 saturated heterocycles. The van der Waals surface area contributed by atoms with Crippen LogP contribution in [0.5, 0.6) is 0 Å². The topological polar surface area (TPSA) is 62.5 Å². The predicted molar refractivity (Wildman–Crippen MR) is 131 cm³/mol. The standard InChI is InChI=1S/C26H31ClN4O2/c1-18-7-13-22(14-8-18)30-15-5-6-20(16-30)25(32)31(26(2,3)4)17-23-28-24(29-33-23)19-9-11-21(27)12-10-19/h7-14,20H,5-6,15-17H2,1-4H3. The quantitative estimate of drug-likeness (QED) is 0.479. The molecule has 7 heteroatoms. The van der Waals surface area contributed by atoms with Crippen LogP contribution >= 0.6 is 11.6 Å². The first-order valence-electron chi connectivity index (χ1n) is 11.4. The van der Waals surface area contributed by atoms with E-state index >= 15 is 0 Å². The molecule has 0 aliphatic carbocycles. The van der Waals surface area contributed by atoms with E-state index in [1.54, 1.807) is 12.1 Å². The number of aryl methyl sites for hydroxylation is 1. The molecule has 2 aromatic carbocycles. The van der Waals surface area contributed by atoms with E-state index in [0.717, 1.165) is 24.9 Å². The lowest BCUT2D eigenvalue weighted by molar-refractivity contribution is -0.142. The monoisotopic (exact) mass is 466 g/mol. The summed E-state index contributed by atoms with van der Waals surface area (Å²) in [6.07, 6.45) is 1.87. The largest absolute Gasteiger partial charge is 0.371 e. The van der Waals surface area contributed by atoms with Crippen molar-refractivity contribution in [1.82, 2.24) is 15.0 Å². The molecule has 4 rings (SSSR count). The van der Waals surface area contributed by atoms with Crippen molar-refractivity contribution in [2.24, 2.45) is 5.92 Å². The molecule has 1 aliphatic heterocycles. The van der Waals surface area contributed by atoms with Crippen LogP contribution in [0.3, 0.4) is 0 Å². The van der Waals surface area contributed by atoms with E-state index < -0.39 is 0 Å². The van der Waals surface area contributed by atoms with Gasteiger partial charge >= 0.3 is 0 Å². The Kier molecular flexibility index (Phi) is 6.75. The number of anilines is 1. The number of carbonyl (C=O) groups excluding carboxylic acids is 1. The van der Waals surface area contributed by atoms with Crippen LogP contribution in [0, 0.1) is 12.8 Å². The highest BCUT2D eigenvalue weighted by Gasteiger charge is 2.35. The van der Waals surface area contributed by atoms with E-state index in [1.165, 1.54) is 11.3 Å². The lowest BCUT2D eigenvalue weighted by atomic mass is 9.93. The van der Waals surface area contributed by atoms with Gasteiger partial charge in [-0.25, -0.2) is 0 Å². The molecule has 1 aliphatic rings. The van der Waals surface area contributed by atoms with Gasteiger partial charge in [-0.2, -0.15) is 4.98 Å². The highest BCUT2D eigenvalue weighted by atomic mass is 35.5. The molecule has 1 unspecified atom stereocenters. The molecule has 0 spiro atoms. The zero-order valence-corrected chi connectivity index (χ0v) is 20.5. The maximum absolute atomic E-state index is 13.7. The summed E-state index contributed by atoms with van der Waals surface area (Å²) in [6, 6.07) is 15.8. The third-order valence-electron chi connectivity index (χ3n) is 6.11. The summed E-state index contributed by atoms with van der Waals surface area (Å²) in [6.45, 7) is 10.2. The molecule has 174 valence electrons. The van der Waals surface area contributed by atoms with Crippen molar-refractivity contribution < 1.29 is 9.32 Å². The Labute approximate surface area is 200 Å². The summed E-state index contributed by atoms with van der Waals surface area (Å²) in [5, 5.41) is 4.76. The molecular formula is C26H31ClN4O2. The molecule has 6 nitrogen and oxygen atoms in total. The Morgan fingerprint density at radius 3 is 2.52 bits per heavy atom. The molecule has 3 aromatic rings. The summed E-state index contributed by atoms with van der Waals surface area (Å²) in [7, 11) is 0. The van der Waals surface area contributed by atoms with E-state index in [9.17, 15) is 4.79 Å². The van der Waals surface area contributed by atoms with Crippen molar-refractivity contribution in [3.63, 3.8) is 0 Å². The third kappa shape index (κ3) is 5.56. The number of hydrogen-bond donors (Lipinski definition) is 0. The average Bonchev–Trinajstić information content (AvgIpc) is 3.26. The number of hydrogen-bond acceptors (Lipinski definition) is 5. The van der Waals surface area contributed by atoms with Gasteiger partial charge in [-0.05, 0) is 76.9 Å². The van der Waals surface area contributed by atoms with Gasteiger partial charge in [-0.1, -0.05) is 34.5 Å². The Morgan fingerprint density at radius 2 is 1.85 bits per heavy atom. The van der Waals surface area contributed by atoms with Crippen LogP contribution in [0.1, 0.15) is 45.1 Å². The number of carbonyl (C=O) groups is 1. The Hall–Kier alpha value is -2.86. The number of aromatic nitrogens is 2. The molecule has 1 amide bonds. The van der Waals surface area contributed by atoms with Gasteiger partial charge < -0.3 is 14.3 Å². The first-order chi connectivity index (χ1) is 15.7. The van der Waals surface area contributed by atoms with Gasteiger partial charge in [0.1, 0.15) is 6.54 Å². The predicted octanol–water partition coefficient (Wildman–Crippen LogP) is 5.74. The van der Waals surface area contributed by atoms with E-state index in [2.05, 4.69) is 46.2 Å². The second-order valence-electron chi connectivity index (χ2n) is 9.73. The Bertz CT molecular complexity index is 1090. The fourth-order valence-corrected chi connectivity index (χ4v) is 4.33. The van der Waals surface area contributed by atoms with Crippen LogP contribution in [-0.4, -0.2) is 39.6 Å². The van der Waals surface area contributed by atoms with E-state index in [4.69, 9.17) is 16.1 Å². The number of halogens is 1. The van der Waals surface area contributed by atoms with Crippen LogP contribution in [0.15, 0.2) is 53.1 Å². The van der Waals surface area contributed by atoms with Crippen molar-refractivity contribution >= 4 is 23.2 Å². The maximum Gasteiger partial charge on any atom is 0.246 e. The van der Waals surface area contributed by atoms with E-state index in [0.29, 0.717) is 23.3 Å².